The zero-order valence-corrected chi connectivity index (χ0v) is 15.7. The predicted octanol–water partition coefficient (Wildman–Crippen LogP) is 2.88. The molecule has 0 aromatic heterocycles. The Bertz CT molecular complexity index is 562. The molecule has 0 fully saturated rings. The molecule has 23 heavy (non-hydrogen) atoms. The summed E-state index contributed by atoms with van der Waals surface area (Å²) in [6.45, 7) is 3.70. The van der Waals surface area contributed by atoms with Crippen molar-refractivity contribution in [3.63, 3.8) is 0 Å². The van der Waals surface area contributed by atoms with E-state index in [4.69, 9.17) is 4.43 Å². The average Bonchev–Trinajstić information content (AvgIpc) is 2.34. The van der Waals surface area contributed by atoms with Gasteiger partial charge < -0.3 is 8.55 Å². The summed E-state index contributed by atoms with van der Waals surface area (Å²) < 4.78 is 90.7. The van der Waals surface area contributed by atoms with E-state index in [-0.39, 0.29) is 6.42 Å². The summed E-state index contributed by atoms with van der Waals surface area (Å²) in [7, 11) is -11.2. The molecule has 0 spiro atoms. The first kappa shape index (κ1) is 22.8. The Kier molecular flexibility index (Phi) is 8.68. The van der Waals surface area contributed by atoms with E-state index in [1.807, 2.05) is 0 Å². The van der Waals surface area contributed by atoms with Crippen LogP contribution in [0.25, 0.3) is 4.13 Å². The van der Waals surface area contributed by atoms with Gasteiger partial charge in [-0.2, -0.15) is 13.2 Å². The first-order valence-corrected chi connectivity index (χ1v) is 12.6. The average molecular weight is 400 g/mol. The molecular formula is C10H21F3NO6S2Si-. The van der Waals surface area contributed by atoms with Gasteiger partial charge in [-0.15, -0.1) is 0 Å². The summed E-state index contributed by atoms with van der Waals surface area (Å²) in [5.41, 5.74) is -5.78. The number of sulfonamides is 1. The molecule has 0 N–H and O–H groups in total. The van der Waals surface area contributed by atoms with Gasteiger partial charge in [-0.25, -0.2) is 16.8 Å². The summed E-state index contributed by atoms with van der Waals surface area (Å²) in [5, 5.41) is 0. The van der Waals surface area contributed by atoms with Crippen molar-refractivity contribution in [2.75, 3.05) is 13.7 Å². The Morgan fingerprint density at radius 1 is 1.00 bits per heavy atom. The van der Waals surface area contributed by atoms with Gasteiger partial charge in [0.1, 0.15) is 0 Å². The van der Waals surface area contributed by atoms with Crippen molar-refractivity contribution in [2.24, 2.45) is 0 Å². The van der Waals surface area contributed by atoms with Gasteiger partial charge in [-0.1, -0.05) is 19.3 Å². The van der Waals surface area contributed by atoms with Crippen LogP contribution in [0.2, 0.25) is 19.1 Å². The van der Waals surface area contributed by atoms with Crippen LogP contribution in [0.4, 0.5) is 13.2 Å². The second kappa shape index (κ2) is 8.76. The highest BCUT2D eigenvalue weighted by Crippen LogP contribution is 2.30. The maximum atomic E-state index is 12.0. The second-order valence-electron chi connectivity index (χ2n) is 5.37. The molecule has 0 atom stereocenters. The van der Waals surface area contributed by atoms with Crippen molar-refractivity contribution in [1.82, 2.24) is 0 Å². The number of hydrogen-bond acceptors (Lipinski definition) is 6. The van der Waals surface area contributed by atoms with E-state index < -0.39 is 40.8 Å². The first-order chi connectivity index (χ1) is 10.2. The fraction of sp³-hybridized carbons (Fsp3) is 1.00. The lowest BCUT2D eigenvalue weighted by Crippen LogP contribution is -2.27. The third-order valence-electron chi connectivity index (χ3n) is 2.94. The fourth-order valence-corrected chi connectivity index (χ4v) is 4.56. The first-order valence-electron chi connectivity index (χ1n) is 6.72. The maximum Gasteiger partial charge on any atom is 0.480 e. The topological polar surface area (TPSA) is 101 Å². The van der Waals surface area contributed by atoms with Crippen LogP contribution in [0.3, 0.4) is 0 Å². The van der Waals surface area contributed by atoms with Gasteiger partial charge in [0.25, 0.3) is 0 Å². The van der Waals surface area contributed by atoms with E-state index in [0.29, 0.717) is 6.42 Å². The Labute approximate surface area is 136 Å². The van der Waals surface area contributed by atoms with Crippen LogP contribution >= 0.6 is 0 Å². The molecule has 0 bridgehead atoms. The quantitative estimate of drug-likeness (QED) is 0.390. The lowest BCUT2D eigenvalue weighted by molar-refractivity contribution is -0.0425. The van der Waals surface area contributed by atoms with Crippen molar-refractivity contribution >= 4 is 28.6 Å². The largest absolute Gasteiger partial charge is 0.480 e. The maximum absolute atomic E-state index is 12.0. The van der Waals surface area contributed by atoms with Gasteiger partial charge in [0, 0.05) is 7.11 Å². The molecular weight excluding hydrogens is 379 g/mol. The molecule has 0 aromatic rings. The molecule has 0 heterocycles. The van der Waals surface area contributed by atoms with Crippen LogP contribution in [0, 0.1) is 0 Å². The van der Waals surface area contributed by atoms with Gasteiger partial charge in [-0.05, 0) is 25.6 Å². The molecule has 0 rings (SSSR count). The van der Waals surface area contributed by atoms with E-state index >= 15 is 0 Å². The molecule has 140 valence electrons. The van der Waals surface area contributed by atoms with Crippen LogP contribution < -0.4 is 0 Å². The third-order valence-corrected chi connectivity index (χ3v) is 8.17. The molecule has 0 aliphatic rings. The summed E-state index contributed by atoms with van der Waals surface area (Å²) in [4.78, 5) is 0. The van der Waals surface area contributed by atoms with Crippen LogP contribution in [0.1, 0.15) is 25.7 Å². The molecule has 0 aliphatic carbocycles. The van der Waals surface area contributed by atoms with Gasteiger partial charge in [0.15, 0.2) is 18.3 Å². The Balaban J connectivity index is 4.06. The van der Waals surface area contributed by atoms with Gasteiger partial charge >= 0.3 is 5.51 Å². The zero-order chi connectivity index (χ0) is 18.4. The third kappa shape index (κ3) is 9.61. The van der Waals surface area contributed by atoms with Crippen molar-refractivity contribution in [1.29, 1.82) is 0 Å². The standard InChI is InChI=1S/C10H21F3NO6S2Si/c1-19-23(2,3)9-7-5-4-6-8-20-22(17,18)14-21(15,16)10(11,12)13/h4-9H2,1-3H3/q-1. The van der Waals surface area contributed by atoms with Crippen molar-refractivity contribution in [3.8, 4) is 0 Å². The SMILES string of the molecule is CO[Si](C)(C)CCCCCCOS(=O)(=O)[N-]S(=O)(=O)C(F)(F)F. The van der Waals surface area contributed by atoms with Crippen molar-refractivity contribution in [3.05, 3.63) is 4.13 Å². The highest BCUT2D eigenvalue weighted by molar-refractivity contribution is 8.10. The van der Waals surface area contributed by atoms with E-state index in [9.17, 15) is 30.0 Å². The minimum atomic E-state index is -6.12. The lowest BCUT2D eigenvalue weighted by atomic mass is 10.2. The summed E-state index contributed by atoms with van der Waals surface area (Å²) in [6.07, 6.45) is 2.51. The molecule has 0 amide bonds. The highest BCUT2D eigenvalue weighted by Gasteiger charge is 2.40. The summed E-state index contributed by atoms with van der Waals surface area (Å²) in [5.74, 6) is 0. The van der Waals surface area contributed by atoms with Crippen LogP contribution in [-0.4, -0.2) is 44.4 Å². The van der Waals surface area contributed by atoms with Crippen LogP contribution in [0.15, 0.2) is 0 Å². The normalized spacial score (nSPS) is 14.2. The molecule has 0 saturated heterocycles. The van der Waals surface area contributed by atoms with Gasteiger partial charge in [-0.3, -0.25) is 4.18 Å². The number of rotatable bonds is 11. The van der Waals surface area contributed by atoms with E-state index in [2.05, 4.69) is 17.3 Å². The highest BCUT2D eigenvalue weighted by atomic mass is 32.3. The predicted molar refractivity (Wildman–Crippen MR) is 81.0 cm³/mol. The van der Waals surface area contributed by atoms with Gasteiger partial charge in [0.05, 0.1) is 6.61 Å². The number of nitrogens with zero attached hydrogens (tertiary/aromatic N) is 1. The molecule has 0 radical (unpaired) electrons. The van der Waals surface area contributed by atoms with E-state index in [1.165, 1.54) is 0 Å². The minimum Gasteiger partial charge on any atom is -0.420 e. The van der Waals surface area contributed by atoms with Crippen LogP contribution in [0.5, 0.6) is 0 Å². The molecule has 7 nitrogen and oxygen atoms in total. The van der Waals surface area contributed by atoms with Gasteiger partial charge in [0.2, 0.25) is 10.3 Å². The number of alkyl halides is 3. The Hall–Kier alpha value is -0.213. The van der Waals surface area contributed by atoms with E-state index in [1.54, 1.807) is 11.2 Å². The fourth-order valence-electron chi connectivity index (χ4n) is 1.46. The smallest absolute Gasteiger partial charge is 0.420 e. The molecule has 0 aliphatic heterocycles. The number of unbranched alkanes of at least 4 members (excludes halogenated alkanes) is 3. The van der Waals surface area contributed by atoms with Crippen molar-refractivity contribution < 1.29 is 38.6 Å². The number of hydrogen-bond donors (Lipinski definition) is 0. The Morgan fingerprint density at radius 2 is 1.52 bits per heavy atom. The van der Waals surface area contributed by atoms with E-state index in [0.717, 1.165) is 18.9 Å². The van der Waals surface area contributed by atoms with Crippen LogP contribution in [-0.2, 0) is 28.9 Å². The van der Waals surface area contributed by atoms with Crippen molar-refractivity contribution in [2.45, 2.75) is 50.3 Å². The minimum absolute atomic E-state index is 0.260. The summed E-state index contributed by atoms with van der Waals surface area (Å²) in [6, 6.07) is 0.932. The molecule has 0 unspecified atom stereocenters. The monoisotopic (exact) mass is 400 g/mol. The molecule has 0 saturated carbocycles. The molecule has 13 heteroatoms. The lowest BCUT2D eigenvalue weighted by Gasteiger charge is -2.21. The molecule has 0 aromatic carbocycles. The second-order valence-corrected chi connectivity index (χ2v) is 12.9. The number of halogens is 3. The Morgan fingerprint density at radius 3 is 2.00 bits per heavy atom. The zero-order valence-electron chi connectivity index (χ0n) is 13.1. The summed E-state index contributed by atoms with van der Waals surface area (Å²) >= 11 is 0.